The standard InChI is InChI=1S/C31H33F3N2O6/c1-18(37)41-30-13-12-22(36(3)25(38)11-8-19-6-5-7-21(16-19)42-31(32,33)34)28-29(30)14-15-35(2)24(30)17-20-9-10-23(39-4)27(40-28)26(20)29/h5-11,16,22,24,28H,12-15,17H2,1-4H3/t22-,24-,28+,29+,30-/m1/s1. The number of hydrogen-bond donors (Lipinski definition) is 0. The maximum absolute atomic E-state index is 13.5. The van der Waals surface area contributed by atoms with Crippen LogP contribution in [0.1, 0.15) is 42.9 Å². The zero-order valence-electron chi connectivity index (χ0n) is 23.9. The van der Waals surface area contributed by atoms with Gasteiger partial charge in [0.2, 0.25) is 5.91 Å². The fourth-order valence-electron chi connectivity index (χ4n) is 7.97. The van der Waals surface area contributed by atoms with E-state index in [1.165, 1.54) is 37.3 Å². The highest BCUT2D eigenvalue weighted by Crippen LogP contribution is 2.67. The highest BCUT2D eigenvalue weighted by molar-refractivity contribution is 5.92. The van der Waals surface area contributed by atoms with Crippen molar-refractivity contribution in [3.8, 4) is 17.2 Å². The van der Waals surface area contributed by atoms with Gasteiger partial charge in [-0.15, -0.1) is 13.2 Å². The van der Waals surface area contributed by atoms with Crippen LogP contribution in [0.2, 0.25) is 0 Å². The van der Waals surface area contributed by atoms with Crippen LogP contribution in [0.15, 0.2) is 42.5 Å². The number of likely N-dealkylation sites (tertiary alicyclic amines) is 1. The van der Waals surface area contributed by atoms with Crippen LogP contribution in [-0.2, 0) is 26.2 Å². The van der Waals surface area contributed by atoms with Crippen LogP contribution in [0.3, 0.4) is 0 Å². The molecule has 1 amide bonds. The lowest BCUT2D eigenvalue weighted by Gasteiger charge is -2.65. The quantitative estimate of drug-likeness (QED) is 0.365. The van der Waals surface area contributed by atoms with E-state index in [1.807, 2.05) is 6.07 Å². The number of methoxy groups -OCH3 is 1. The summed E-state index contributed by atoms with van der Waals surface area (Å²) in [5.74, 6) is 0.195. The van der Waals surface area contributed by atoms with Gasteiger partial charge in [-0.05, 0) is 74.7 Å². The molecule has 42 heavy (non-hydrogen) atoms. The van der Waals surface area contributed by atoms with Crippen LogP contribution in [0.5, 0.6) is 17.2 Å². The number of ether oxygens (including phenoxy) is 4. The summed E-state index contributed by atoms with van der Waals surface area (Å²) in [6.07, 6.45) is -0.0693. The Morgan fingerprint density at radius 2 is 1.98 bits per heavy atom. The van der Waals surface area contributed by atoms with Gasteiger partial charge in [-0.3, -0.25) is 14.5 Å². The zero-order valence-corrected chi connectivity index (χ0v) is 23.9. The number of halogens is 3. The zero-order chi connectivity index (χ0) is 30.0. The predicted octanol–water partition coefficient (Wildman–Crippen LogP) is 4.49. The third kappa shape index (κ3) is 4.23. The second kappa shape index (κ2) is 9.93. The first kappa shape index (κ1) is 28.4. The van der Waals surface area contributed by atoms with E-state index in [0.29, 0.717) is 42.7 Å². The SMILES string of the molecule is COc1ccc2c3c1O[C@H]1[C@H](N(C)C(=O)C=Cc4cccc(OC(F)(F)F)c4)CC[C@@]4(OC(C)=O)[C@@H](C2)N(C)CC[C@]314. The normalized spacial score (nSPS) is 29.5. The number of rotatable bonds is 6. The topological polar surface area (TPSA) is 77.5 Å². The summed E-state index contributed by atoms with van der Waals surface area (Å²) >= 11 is 0. The molecule has 2 aromatic carbocycles. The molecular formula is C31H33F3N2O6. The van der Waals surface area contributed by atoms with Crippen LogP contribution in [0.25, 0.3) is 6.08 Å². The van der Waals surface area contributed by atoms with Crippen molar-refractivity contribution in [2.45, 2.75) is 68.2 Å². The van der Waals surface area contributed by atoms with Crippen LogP contribution >= 0.6 is 0 Å². The number of hydrogen-bond acceptors (Lipinski definition) is 7. The lowest BCUT2D eigenvalue weighted by Crippen LogP contribution is -2.78. The molecule has 2 fully saturated rings. The molecule has 0 N–H and O–H groups in total. The first-order chi connectivity index (χ1) is 19.9. The molecule has 1 saturated carbocycles. The van der Waals surface area contributed by atoms with E-state index in [2.05, 4.69) is 22.8 Å². The molecule has 1 saturated heterocycles. The molecule has 8 nitrogen and oxygen atoms in total. The monoisotopic (exact) mass is 586 g/mol. The Morgan fingerprint density at radius 3 is 2.69 bits per heavy atom. The van der Waals surface area contributed by atoms with Crippen LogP contribution in [0.4, 0.5) is 13.2 Å². The molecule has 0 aromatic heterocycles. The van der Waals surface area contributed by atoms with Gasteiger partial charge in [0.1, 0.15) is 17.5 Å². The first-order valence-corrected chi connectivity index (χ1v) is 14.0. The minimum absolute atomic E-state index is 0.0545. The van der Waals surface area contributed by atoms with Crippen molar-refractivity contribution >= 4 is 18.0 Å². The Hall–Kier alpha value is -3.73. The summed E-state index contributed by atoms with van der Waals surface area (Å²) in [6, 6.07) is 8.98. The third-order valence-electron chi connectivity index (χ3n) is 9.54. The van der Waals surface area contributed by atoms with Gasteiger partial charge in [0.05, 0.1) is 24.6 Å². The van der Waals surface area contributed by atoms with Gasteiger partial charge in [-0.2, -0.15) is 0 Å². The maximum Gasteiger partial charge on any atom is 0.573 e. The number of carbonyl (C=O) groups is 2. The van der Waals surface area contributed by atoms with Crippen LogP contribution in [-0.4, -0.2) is 79.6 Å². The van der Waals surface area contributed by atoms with Gasteiger partial charge in [0, 0.05) is 25.6 Å². The molecular weight excluding hydrogens is 553 g/mol. The molecule has 0 radical (unpaired) electrons. The van der Waals surface area contributed by atoms with Gasteiger partial charge in [0.25, 0.3) is 0 Å². The maximum atomic E-state index is 13.5. The number of piperidine rings is 1. The molecule has 224 valence electrons. The van der Waals surface area contributed by atoms with E-state index in [4.69, 9.17) is 14.2 Å². The van der Waals surface area contributed by atoms with E-state index in [9.17, 15) is 22.8 Å². The highest BCUT2D eigenvalue weighted by Gasteiger charge is 2.75. The predicted molar refractivity (Wildman–Crippen MR) is 146 cm³/mol. The fourth-order valence-corrected chi connectivity index (χ4v) is 7.97. The van der Waals surface area contributed by atoms with E-state index in [1.54, 1.807) is 25.1 Å². The lowest BCUT2D eigenvalue weighted by atomic mass is 9.48. The second-order valence-corrected chi connectivity index (χ2v) is 11.6. The van der Waals surface area contributed by atoms with E-state index in [0.717, 1.165) is 17.7 Å². The Bertz CT molecular complexity index is 1460. The average molecular weight is 587 g/mol. The summed E-state index contributed by atoms with van der Waals surface area (Å²) < 4.78 is 60.8. The molecule has 1 spiro atoms. The number of likely N-dealkylation sites (N-methyl/N-ethyl adjacent to an activating group) is 2. The number of benzene rings is 2. The minimum Gasteiger partial charge on any atom is -0.493 e. The molecule has 5 atom stereocenters. The summed E-state index contributed by atoms with van der Waals surface area (Å²) in [7, 11) is 5.35. The summed E-state index contributed by atoms with van der Waals surface area (Å²) in [5, 5.41) is 0. The van der Waals surface area contributed by atoms with Crippen molar-refractivity contribution in [2.75, 3.05) is 27.7 Å². The van der Waals surface area contributed by atoms with Gasteiger partial charge >= 0.3 is 12.3 Å². The van der Waals surface area contributed by atoms with E-state index < -0.39 is 23.5 Å². The van der Waals surface area contributed by atoms with E-state index in [-0.39, 0.29) is 29.7 Å². The second-order valence-electron chi connectivity index (χ2n) is 11.6. The van der Waals surface area contributed by atoms with Gasteiger partial charge in [-0.25, -0.2) is 0 Å². The number of esters is 1. The van der Waals surface area contributed by atoms with Gasteiger partial charge in [0.15, 0.2) is 11.5 Å². The molecule has 2 heterocycles. The van der Waals surface area contributed by atoms with Crippen molar-refractivity contribution in [3.63, 3.8) is 0 Å². The molecule has 0 unspecified atom stereocenters. The largest absolute Gasteiger partial charge is 0.573 e. The number of amides is 1. The van der Waals surface area contributed by atoms with Crippen molar-refractivity contribution in [1.82, 2.24) is 9.80 Å². The Labute approximate surface area is 242 Å². The van der Waals surface area contributed by atoms with Gasteiger partial charge < -0.3 is 23.8 Å². The Kier molecular flexibility index (Phi) is 6.71. The Balaban J connectivity index is 1.36. The average Bonchev–Trinajstić information content (AvgIpc) is 3.28. The van der Waals surface area contributed by atoms with Crippen molar-refractivity contribution < 1.29 is 41.7 Å². The minimum atomic E-state index is -4.81. The molecule has 2 aliphatic heterocycles. The fraction of sp³-hybridized carbons (Fsp3) is 0.484. The highest BCUT2D eigenvalue weighted by atomic mass is 19.4. The van der Waals surface area contributed by atoms with Crippen molar-refractivity contribution in [1.29, 1.82) is 0 Å². The number of nitrogens with zero attached hydrogens (tertiary/aromatic N) is 2. The first-order valence-electron chi connectivity index (χ1n) is 14.0. The summed E-state index contributed by atoms with van der Waals surface area (Å²) in [4.78, 5) is 30.1. The van der Waals surface area contributed by atoms with E-state index >= 15 is 0 Å². The summed E-state index contributed by atoms with van der Waals surface area (Å²) in [5.41, 5.74) is 1.01. The van der Waals surface area contributed by atoms with Gasteiger partial charge in [-0.1, -0.05) is 18.2 Å². The van der Waals surface area contributed by atoms with Crippen LogP contribution < -0.4 is 14.2 Å². The smallest absolute Gasteiger partial charge is 0.493 e. The number of alkyl halides is 3. The summed E-state index contributed by atoms with van der Waals surface area (Å²) in [6.45, 7) is 2.21. The van der Waals surface area contributed by atoms with Crippen LogP contribution in [0, 0.1) is 0 Å². The third-order valence-corrected chi connectivity index (χ3v) is 9.54. The molecule has 6 rings (SSSR count). The Morgan fingerprint density at radius 1 is 1.19 bits per heavy atom. The molecule has 11 heteroatoms. The molecule has 2 aliphatic carbocycles. The molecule has 2 aromatic rings. The molecule has 2 bridgehead atoms. The molecule has 4 aliphatic rings. The number of carbonyl (C=O) groups excluding carboxylic acids is 2. The van der Waals surface area contributed by atoms with Crippen molar-refractivity contribution in [3.05, 3.63) is 59.2 Å². The van der Waals surface area contributed by atoms with Crippen molar-refractivity contribution in [2.24, 2.45) is 0 Å². The lowest BCUT2D eigenvalue weighted by molar-refractivity contribution is -0.274.